The molecule has 2 aromatic heterocycles. The molecule has 1 saturated heterocycles. The van der Waals surface area contributed by atoms with Crippen molar-refractivity contribution in [1.29, 1.82) is 0 Å². The summed E-state index contributed by atoms with van der Waals surface area (Å²) in [5.74, 6) is 2.33. The molecule has 8 nitrogen and oxygen atoms in total. The van der Waals surface area contributed by atoms with Gasteiger partial charge in [-0.1, -0.05) is 17.7 Å². The van der Waals surface area contributed by atoms with Crippen molar-refractivity contribution in [3.8, 4) is 11.5 Å². The lowest BCUT2D eigenvalue weighted by Crippen LogP contribution is -2.52. The Balaban J connectivity index is 1.30. The topological polar surface area (TPSA) is 95.6 Å². The first kappa shape index (κ1) is 21.6. The van der Waals surface area contributed by atoms with Crippen molar-refractivity contribution < 1.29 is 13.7 Å². The Labute approximate surface area is 184 Å². The summed E-state index contributed by atoms with van der Waals surface area (Å²) < 4.78 is 18.5. The van der Waals surface area contributed by atoms with Gasteiger partial charge in [0, 0.05) is 54.9 Å². The molecular weight excluding hydrogens is 414 g/mol. The number of rotatable bonds is 7. The van der Waals surface area contributed by atoms with Gasteiger partial charge in [0.1, 0.15) is 12.0 Å². The van der Waals surface area contributed by atoms with Gasteiger partial charge in [0.15, 0.2) is 0 Å². The fourth-order valence-corrected chi connectivity index (χ4v) is 4.77. The largest absolute Gasteiger partial charge is 0.441 e. The van der Waals surface area contributed by atoms with Crippen LogP contribution in [-0.4, -0.2) is 67.3 Å². The van der Waals surface area contributed by atoms with Crippen LogP contribution < -0.4 is 4.90 Å². The van der Waals surface area contributed by atoms with Crippen LogP contribution in [0.2, 0.25) is 0 Å². The summed E-state index contributed by atoms with van der Waals surface area (Å²) in [5, 5.41) is 10.6. The van der Waals surface area contributed by atoms with Gasteiger partial charge in [0.2, 0.25) is 11.8 Å². The SMILES string of the molecule is Cc1ccc(-c2nc(CS(=O)CC(O)N3CCN(c4ncccn4)CC3)c(C)o2)cc1. The Hall–Kier alpha value is -2.62. The molecule has 0 saturated carbocycles. The van der Waals surface area contributed by atoms with Crippen molar-refractivity contribution in [3.63, 3.8) is 0 Å². The Morgan fingerprint density at radius 2 is 1.77 bits per heavy atom. The molecule has 4 rings (SSSR count). The number of benzene rings is 1. The van der Waals surface area contributed by atoms with E-state index in [1.165, 1.54) is 5.56 Å². The maximum Gasteiger partial charge on any atom is 0.226 e. The molecule has 1 aliphatic rings. The van der Waals surface area contributed by atoms with Crippen molar-refractivity contribution in [2.24, 2.45) is 0 Å². The van der Waals surface area contributed by atoms with Crippen molar-refractivity contribution in [2.45, 2.75) is 25.8 Å². The smallest absolute Gasteiger partial charge is 0.226 e. The molecule has 2 atom stereocenters. The highest BCUT2D eigenvalue weighted by atomic mass is 32.2. The minimum absolute atomic E-state index is 0.175. The number of piperazine rings is 1. The van der Waals surface area contributed by atoms with Crippen molar-refractivity contribution in [2.75, 3.05) is 36.8 Å². The molecule has 1 N–H and O–H groups in total. The van der Waals surface area contributed by atoms with E-state index in [2.05, 4.69) is 19.9 Å². The average Bonchev–Trinajstić information content (AvgIpc) is 3.15. The van der Waals surface area contributed by atoms with E-state index in [4.69, 9.17) is 4.42 Å². The molecule has 1 aliphatic heterocycles. The molecule has 0 radical (unpaired) electrons. The van der Waals surface area contributed by atoms with Gasteiger partial charge < -0.3 is 14.4 Å². The van der Waals surface area contributed by atoms with Crippen LogP contribution in [0.4, 0.5) is 5.95 Å². The van der Waals surface area contributed by atoms with E-state index in [0.29, 0.717) is 36.4 Å². The molecule has 0 spiro atoms. The minimum Gasteiger partial charge on any atom is -0.441 e. The number of aryl methyl sites for hydroxylation is 2. The van der Waals surface area contributed by atoms with Gasteiger partial charge >= 0.3 is 0 Å². The number of oxazole rings is 1. The maximum atomic E-state index is 12.7. The first-order valence-electron chi connectivity index (χ1n) is 10.3. The Kier molecular flexibility index (Phi) is 6.74. The lowest BCUT2D eigenvalue weighted by molar-refractivity contribution is 0.0182. The lowest BCUT2D eigenvalue weighted by Gasteiger charge is -2.37. The molecule has 3 aromatic rings. The Morgan fingerprint density at radius 1 is 1.10 bits per heavy atom. The van der Waals surface area contributed by atoms with Gasteiger partial charge in [-0.25, -0.2) is 15.0 Å². The lowest BCUT2D eigenvalue weighted by atomic mass is 10.1. The second-order valence-electron chi connectivity index (χ2n) is 7.69. The van der Waals surface area contributed by atoms with Gasteiger partial charge in [0.05, 0.1) is 17.2 Å². The standard InChI is InChI=1S/C22H27N5O3S/c1-16-4-6-18(7-5-16)21-25-19(17(2)30-21)14-31(29)15-20(28)26-10-12-27(13-11-26)22-23-8-3-9-24-22/h3-9,20,28H,10-15H2,1-2H3. The summed E-state index contributed by atoms with van der Waals surface area (Å²) >= 11 is 0. The zero-order valence-electron chi connectivity index (χ0n) is 17.8. The van der Waals surface area contributed by atoms with E-state index in [1.54, 1.807) is 18.5 Å². The predicted molar refractivity (Wildman–Crippen MR) is 120 cm³/mol. The van der Waals surface area contributed by atoms with Gasteiger partial charge in [-0.15, -0.1) is 0 Å². The summed E-state index contributed by atoms with van der Waals surface area (Å²) in [7, 11) is -1.26. The van der Waals surface area contributed by atoms with Crippen molar-refractivity contribution in [1.82, 2.24) is 19.9 Å². The van der Waals surface area contributed by atoms with E-state index in [9.17, 15) is 9.32 Å². The van der Waals surface area contributed by atoms with Crippen LogP contribution in [0.3, 0.4) is 0 Å². The number of aromatic nitrogens is 3. The molecule has 164 valence electrons. The Bertz CT molecular complexity index is 1020. The highest BCUT2D eigenvalue weighted by Crippen LogP contribution is 2.23. The third-order valence-corrected chi connectivity index (χ3v) is 6.66. The molecule has 1 aromatic carbocycles. The van der Waals surface area contributed by atoms with Crippen LogP contribution in [-0.2, 0) is 16.6 Å². The molecule has 3 heterocycles. The van der Waals surface area contributed by atoms with Crippen LogP contribution in [0, 0.1) is 13.8 Å². The number of nitrogens with zero attached hydrogens (tertiary/aromatic N) is 5. The van der Waals surface area contributed by atoms with Crippen LogP contribution >= 0.6 is 0 Å². The van der Waals surface area contributed by atoms with Gasteiger partial charge in [-0.05, 0) is 32.0 Å². The monoisotopic (exact) mass is 441 g/mol. The molecule has 2 unspecified atom stereocenters. The maximum absolute atomic E-state index is 12.7. The third-order valence-electron chi connectivity index (χ3n) is 5.39. The van der Waals surface area contributed by atoms with Gasteiger partial charge in [-0.3, -0.25) is 9.11 Å². The number of hydrogen-bond acceptors (Lipinski definition) is 8. The summed E-state index contributed by atoms with van der Waals surface area (Å²) in [6, 6.07) is 9.73. The molecule has 1 fully saturated rings. The fourth-order valence-electron chi connectivity index (χ4n) is 3.54. The Morgan fingerprint density at radius 3 is 2.45 bits per heavy atom. The molecule has 0 amide bonds. The second kappa shape index (κ2) is 9.67. The summed E-state index contributed by atoms with van der Waals surface area (Å²) in [4.78, 5) is 17.1. The van der Waals surface area contributed by atoms with Crippen molar-refractivity contribution in [3.05, 3.63) is 59.7 Å². The van der Waals surface area contributed by atoms with E-state index in [-0.39, 0.29) is 11.5 Å². The van der Waals surface area contributed by atoms with Crippen LogP contribution in [0.5, 0.6) is 0 Å². The number of aliphatic hydroxyl groups is 1. The first-order valence-corrected chi connectivity index (χ1v) is 11.8. The van der Waals surface area contributed by atoms with Crippen LogP contribution in [0.1, 0.15) is 17.0 Å². The van der Waals surface area contributed by atoms with Gasteiger partial charge in [-0.2, -0.15) is 0 Å². The van der Waals surface area contributed by atoms with Crippen molar-refractivity contribution >= 4 is 16.7 Å². The van der Waals surface area contributed by atoms with E-state index in [0.717, 1.165) is 18.7 Å². The predicted octanol–water partition coefficient (Wildman–Crippen LogP) is 2.14. The minimum atomic E-state index is -1.26. The highest BCUT2D eigenvalue weighted by molar-refractivity contribution is 7.84. The number of aliphatic hydroxyl groups excluding tert-OH is 1. The zero-order chi connectivity index (χ0) is 21.8. The van der Waals surface area contributed by atoms with Crippen LogP contribution in [0.25, 0.3) is 11.5 Å². The average molecular weight is 442 g/mol. The highest BCUT2D eigenvalue weighted by Gasteiger charge is 2.25. The molecular formula is C22H27N5O3S. The second-order valence-corrected chi connectivity index (χ2v) is 9.19. The fraction of sp³-hybridized carbons (Fsp3) is 0.409. The van der Waals surface area contributed by atoms with E-state index in [1.807, 2.05) is 43.0 Å². The third kappa shape index (κ3) is 5.36. The molecule has 9 heteroatoms. The summed E-state index contributed by atoms with van der Waals surface area (Å²) in [6.45, 7) is 6.62. The number of anilines is 1. The molecule has 0 aliphatic carbocycles. The molecule has 0 bridgehead atoms. The summed E-state index contributed by atoms with van der Waals surface area (Å²) in [6.07, 6.45) is 2.69. The first-order chi connectivity index (χ1) is 15.0. The summed E-state index contributed by atoms with van der Waals surface area (Å²) in [5.41, 5.74) is 2.73. The van der Waals surface area contributed by atoms with Gasteiger partial charge in [0.25, 0.3) is 0 Å². The number of hydrogen-bond donors (Lipinski definition) is 1. The van der Waals surface area contributed by atoms with Crippen LogP contribution in [0.15, 0.2) is 47.1 Å². The van der Waals surface area contributed by atoms with E-state index < -0.39 is 17.0 Å². The van der Waals surface area contributed by atoms with E-state index >= 15 is 0 Å². The zero-order valence-corrected chi connectivity index (χ0v) is 18.6. The normalized spacial score (nSPS) is 16.9. The molecule has 31 heavy (non-hydrogen) atoms. The quantitative estimate of drug-likeness (QED) is 0.596.